The predicted molar refractivity (Wildman–Crippen MR) is 167 cm³/mol. The minimum absolute atomic E-state index is 0.00730. The molecule has 4 heterocycles. The molecule has 4 saturated heterocycles. The molecule has 0 bridgehead atoms. The number of aliphatic hydroxyl groups excluding tert-OH is 1. The number of likely N-dealkylation sites (tertiary alicyclic amines) is 2. The van der Waals surface area contributed by atoms with Gasteiger partial charge >= 0.3 is 0 Å². The Morgan fingerprint density at radius 3 is 2.27 bits per heavy atom. The molecule has 1 unspecified atom stereocenters. The highest BCUT2D eigenvalue weighted by atomic mass is 19.1. The number of amides is 2. The van der Waals surface area contributed by atoms with E-state index in [9.17, 15) is 19.1 Å². The van der Waals surface area contributed by atoms with E-state index in [4.69, 9.17) is 9.47 Å². The number of piperazine rings is 1. The Morgan fingerprint density at radius 1 is 0.844 bits per heavy atom. The topological polar surface area (TPSA) is 116 Å². The van der Waals surface area contributed by atoms with Gasteiger partial charge in [0.05, 0.1) is 32.7 Å². The molecule has 5 N–H and O–H groups in total. The van der Waals surface area contributed by atoms with Gasteiger partial charge in [-0.25, -0.2) is 4.39 Å². The molecular weight excluding hydrogens is 577 g/mol. The first kappa shape index (κ1) is 31.6. The van der Waals surface area contributed by atoms with Crippen molar-refractivity contribution in [2.45, 2.75) is 63.3 Å². The molecule has 4 fully saturated rings. The van der Waals surface area contributed by atoms with Crippen LogP contribution < -0.4 is 25.0 Å². The molecule has 10 nitrogen and oxygen atoms in total. The molecule has 2 atom stereocenters. The summed E-state index contributed by atoms with van der Waals surface area (Å²) in [5.41, 5.74) is 2.54. The van der Waals surface area contributed by atoms with Crippen LogP contribution in [0.15, 0.2) is 36.4 Å². The Bertz CT molecular complexity index is 1330. The second kappa shape index (κ2) is 14.3. The molecule has 45 heavy (non-hydrogen) atoms. The lowest BCUT2D eigenvalue weighted by molar-refractivity contribution is -0.655. The number of nitrogens with two attached hydrogens (primary N) is 2. The molecule has 6 rings (SSSR count). The van der Waals surface area contributed by atoms with Gasteiger partial charge in [0.2, 0.25) is 0 Å². The van der Waals surface area contributed by atoms with Crippen LogP contribution in [0.4, 0.5) is 10.1 Å². The average Bonchev–Trinajstić information content (AvgIpc) is 3.58. The van der Waals surface area contributed by atoms with Crippen molar-refractivity contribution in [1.82, 2.24) is 9.80 Å². The van der Waals surface area contributed by atoms with Crippen molar-refractivity contribution in [2.75, 3.05) is 70.3 Å². The number of quaternary nitrogens is 2. The molecule has 11 heteroatoms. The second-order valence-electron chi connectivity index (χ2n) is 13.0. The Kier molecular flexibility index (Phi) is 10.1. The minimum Gasteiger partial charge on any atom is -0.490 e. The van der Waals surface area contributed by atoms with E-state index in [2.05, 4.69) is 15.5 Å². The molecule has 0 radical (unpaired) electrons. The maximum Gasteiger partial charge on any atom is 0.253 e. The molecule has 0 saturated carbocycles. The van der Waals surface area contributed by atoms with Crippen molar-refractivity contribution in [1.29, 1.82) is 0 Å². The van der Waals surface area contributed by atoms with E-state index >= 15 is 0 Å². The van der Waals surface area contributed by atoms with Gasteiger partial charge in [-0.3, -0.25) is 9.59 Å². The first-order valence-corrected chi connectivity index (χ1v) is 16.8. The largest absolute Gasteiger partial charge is 0.490 e. The molecule has 0 spiro atoms. The van der Waals surface area contributed by atoms with Crippen molar-refractivity contribution in [2.24, 2.45) is 0 Å². The third-order valence-electron chi connectivity index (χ3n) is 9.74. The third kappa shape index (κ3) is 7.70. The number of halogens is 1. The van der Waals surface area contributed by atoms with E-state index in [1.54, 1.807) is 11.0 Å². The quantitative estimate of drug-likeness (QED) is 0.398. The first-order valence-electron chi connectivity index (χ1n) is 16.8. The van der Waals surface area contributed by atoms with Gasteiger partial charge in [0.1, 0.15) is 36.1 Å². The van der Waals surface area contributed by atoms with Gasteiger partial charge in [-0.05, 0) is 55.5 Å². The summed E-state index contributed by atoms with van der Waals surface area (Å²) in [5, 5.41) is 14.3. The normalized spacial score (nSPS) is 22.4. The highest BCUT2D eigenvalue weighted by molar-refractivity contribution is 5.94. The van der Waals surface area contributed by atoms with Crippen molar-refractivity contribution in [3.05, 3.63) is 53.3 Å². The number of hydrogen-bond donors (Lipinski definition) is 3. The van der Waals surface area contributed by atoms with E-state index in [1.807, 2.05) is 29.2 Å². The molecule has 2 aromatic carbocycles. The van der Waals surface area contributed by atoms with Gasteiger partial charge in [-0.1, -0.05) is 0 Å². The van der Waals surface area contributed by atoms with Crippen LogP contribution >= 0.6 is 0 Å². The summed E-state index contributed by atoms with van der Waals surface area (Å²) in [5.74, 6) is 1.00. The first-order chi connectivity index (χ1) is 21.8. The number of hydrogen-bond acceptors (Lipinski definition) is 6. The maximum absolute atomic E-state index is 14.5. The highest BCUT2D eigenvalue weighted by Crippen LogP contribution is 2.36. The summed E-state index contributed by atoms with van der Waals surface area (Å²) in [6.45, 7) is 9.53. The fourth-order valence-corrected chi connectivity index (χ4v) is 7.15. The number of carbonyl (C=O) groups excluding carboxylic acids is 2. The van der Waals surface area contributed by atoms with Crippen LogP contribution in [0, 0.1) is 5.82 Å². The number of anilines is 1. The number of carbonyl (C=O) groups is 2. The lowest BCUT2D eigenvalue weighted by atomic mass is 9.87. The Labute approximate surface area is 264 Å². The van der Waals surface area contributed by atoms with E-state index in [1.165, 1.54) is 13.0 Å². The van der Waals surface area contributed by atoms with Gasteiger partial charge < -0.3 is 39.9 Å². The molecule has 0 aromatic heterocycles. The Balaban J connectivity index is 1.10. The molecule has 0 aliphatic carbocycles. The van der Waals surface area contributed by atoms with Gasteiger partial charge in [-0.2, -0.15) is 0 Å². The summed E-state index contributed by atoms with van der Waals surface area (Å²) < 4.78 is 27.2. The summed E-state index contributed by atoms with van der Waals surface area (Å²) in [6.07, 6.45) is 2.92. The number of ether oxygens (including phenoxy) is 2. The summed E-state index contributed by atoms with van der Waals surface area (Å²) in [6, 6.07) is 10.8. The van der Waals surface area contributed by atoms with Gasteiger partial charge in [0.25, 0.3) is 11.8 Å². The van der Waals surface area contributed by atoms with Crippen molar-refractivity contribution in [3.8, 4) is 11.5 Å². The Hall–Kier alpha value is -3.41. The van der Waals surface area contributed by atoms with E-state index in [0.717, 1.165) is 75.5 Å². The summed E-state index contributed by atoms with van der Waals surface area (Å²) >= 11 is 0. The van der Waals surface area contributed by atoms with Crippen LogP contribution in [-0.2, 0) is 4.79 Å². The third-order valence-corrected chi connectivity index (χ3v) is 9.74. The average molecular weight is 626 g/mol. The predicted octanol–water partition coefficient (Wildman–Crippen LogP) is 0.694. The highest BCUT2D eigenvalue weighted by Gasteiger charge is 2.31. The molecule has 4 aliphatic heterocycles. The van der Waals surface area contributed by atoms with E-state index in [0.29, 0.717) is 50.3 Å². The molecular formula is C34H48FN5O5+2. The number of aliphatic hydroxyl groups is 1. The van der Waals surface area contributed by atoms with Crippen LogP contribution in [0.1, 0.15) is 60.9 Å². The van der Waals surface area contributed by atoms with Crippen LogP contribution in [0.2, 0.25) is 0 Å². The van der Waals surface area contributed by atoms with Crippen LogP contribution in [0.5, 0.6) is 11.5 Å². The fourth-order valence-electron chi connectivity index (χ4n) is 7.15. The molecule has 244 valence electrons. The smallest absolute Gasteiger partial charge is 0.253 e. The molecule has 4 aliphatic rings. The fraction of sp³-hybridized carbons (Fsp3) is 0.588. The SMILES string of the molecule is CC(O)C(=O)N1CCC(c2cc(C(=O)N3CCC(Oc4cc(F)cc(N5CC[NH2+]CC5)c4)CC3)ccc2O[C@H]2CC[NH2+]C2)CC1. The molecule has 2 aromatic rings. The van der Waals surface area contributed by atoms with Crippen molar-refractivity contribution >= 4 is 17.5 Å². The zero-order chi connectivity index (χ0) is 31.3. The Morgan fingerprint density at radius 2 is 1.58 bits per heavy atom. The molecule has 2 amide bonds. The van der Waals surface area contributed by atoms with Crippen LogP contribution in [0.3, 0.4) is 0 Å². The lowest BCUT2D eigenvalue weighted by Crippen LogP contribution is -2.89. The van der Waals surface area contributed by atoms with Gasteiger partial charge in [0.15, 0.2) is 6.10 Å². The summed E-state index contributed by atoms with van der Waals surface area (Å²) in [4.78, 5) is 31.9. The zero-order valence-electron chi connectivity index (χ0n) is 26.3. The van der Waals surface area contributed by atoms with Crippen molar-refractivity contribution < 1.29 is 39.2 Å². The number of benzene rings is 2. The van der Waals surface area contributed by atoms with Gasteiger partial charge in [0, 0.05) is 68.8 Å². The lowest BCUT2D eigenvalue weighted by Gasteiger charge is -2.34. The van der Waals surface area contributed by atoms with Gasteiger partial charge in [-0.15, -0.1) is 0 Å². The maximum atomic E-state index is 14.5. The van der Waals surface area contributed by atoms with Crippen LogP contribution in [-0.4, -0.2) is 110 Å². The van der Waals surface area contributed by atoms with E-state index < -0.39 is 6.10 Å². The minimum atomic E-state index is -1.00. The monoisotopic (exact) mass is 625 g/mol. The number of rotatable bonds is 8. The standard InChI is InChI=1S/C34H46FN5O5/c1-23(41)33(42)39-12-5-24(6-13-39)31-18-25(2-3-32(31)45-29-4-9-37-22-29)34(43)40-14-7-28(8-15-40)44-30-20-26(35)19-27(21-30)38-16-10-36-11-17-38/h2-3,18-21,23-24,28-29,36-37,41H,4-17,22H2,1H3/p+2/t23?,29-/m0/s1. The van der Waals surface area contributed by atoms with Crippen molar-refractivity contribution in [3.63, 3.8) is 0 Å². The number of nitrogens with zero attached hydrogens (tertiary/aromatic N) is 3. The zero-order valence-corrected chi connectivity index (χ0v) is 26.3. The number of piperidine rings is 2. The second-order valence-corrected chi connectivity index (χ2v) is 13.0. The van der Waals surface area contributed by atoms with E-state index in [-0.39, 0.29) is 35.8 Å². The summed E-state index contributed by atoms with van der Waals surface area (Å²) in [7, 11) is 0. The van der Waals surface area contributed by atoms with Crippen LogP contribution in [0.25, 0.3) is 0 Å².